The highest BCUT2D eigenvalue weighted by atomic mass is 35.5. The van der Waals surface area contributed by atoms with Crippen LogP contribution in [0.2, 0.25) is 10.0 Å². The molecule has 2 heterocycles. The highest BCUT2D eigenvalue weighted by Crippen LogP contribution is 2.31. The molecule has 1 aliphatic rings. The normalized spacial score (nSPS) is 16.9. The number of hydrogen-bond acceptors (Lipinski definition) is 7. The smallest absolute Gasteiger partial charge is 0.319 e. The van der Waals surface area contributed by atoms with E-state index in [1.54, 1.807) is 19.2 Å². The molecule has 1 aliphatic heterocycles. The van der Waals surface area contributed by atoms with Gasteiger partial charge in [-0.1, -0.05) is 36.5 Å². The van der Waals surface area contributed by atoms with Crippen molar-refractivity contribution in [2.45, 2.75) is 32.3 Å². The highest BCUT2D eigenvalue weighted by Gasteiger charge is 2.20. The Balaban J connectivity index is 1.55. The molecule has 34 heavy (non-hydrogen) atoms. The van der Waals surface area contributed by atoms with Crippen LogP contribution in [-0.2, 0) is 4.74 Å². The molecule has 0 radical (unpaired) electrons. The van der Waals surface area contributed by atoms with Gasteiger partial charge in [0.2, 0.25) is 0 Å². The molecule has 182 valence electrons. The average Bonchev–Trinajstić information content (AvgIpc) is 3.08. The van der Waals surface area contributed by atoms with Crippen molar-refractivity contribution in [3.8, 4) is 11.8 Å². The Morgan fingerprint density at radius 1 is 1.15 bits per heavy atom. The van der Waals surface area contributed by atoms with Crippen LogP contribution in [0.25, 0.3) is 10.9 Å². The summed E-state index contributed by atoms with van der Waals surface area (Å²) >= 11 is 12.3. The Labute approximate surface area is 210 Å². The summed E-state index contributed by atoms with van der Waals surface area (Å²) < 4.78 is 17.5. The lowest BCUT2D eigenvalue weighted by molar-refractivity contribution is 0.0186. The average molecular weight is 505 g/mol. The Morgan fingerprint density at radius 2 is 2.03 bits per heavy atom. The number of nitrogens with one attached hydrogen (secondary N) is 1. The van der Waals surface area contributed by atoms with Crippen molar-refractivity contribution in [3.05, 3.63) is 46.4 Å². The number of methoxy groups -OCH3 is 1. The van der Waals surface area contributed by atoms with Crippen molar-refractivity contribution in [3.63, 3.8) is 0 Å². The van der Waals surface area contributed by atoms with Gasteiger partial charge >= 0.3 is 6.01 Å². The van der Waals surface area contributed by atoms with E-state index in [2.05, 4.69) is 27.1 Å². The van der Waals surface area contributed by atoms with Crippen LogP contribution < -0.4 is 14.8 Å². The van der Waals surface area contributed by atoms with Crippen molar-refractivity contribution >= 4 is 45.6 Å². The zero-order valence-corrected chi connectivity index (χ0v) is 21.0. The van der Waals surface area contributed by atoms with Gasteiger partial charge in [-0.2, -0.15) is 9.97 Å². The minimum atomic E-state index is -0.0269. The first kappa shape index (κ1) is 24.8. The minimum absolute atomic E-state index is 0.0269. The van der Waals surface area contributed by atoms with Gasteiger partial charge in [0.05, 0.1) is 22.7 Å². The van der Waals surface area contributed by atoms with Gasteiger partial charge < -0.3 is 24.4 Å². The van der Waals surface area contributed by atoms with Crippen molar-refractivity contribution in [2.24, 2.45) is 0 Å². The molecule has 0 saturated carbocycles. The summed E-state index contributed by atoms with van der Waals surface area (Å²) in [6.45, 7) is 6.32. The standard InChI is InChI=1S/C25H30Cl2N4O3/c1-3-4-10-31-11-5-12-33-19(15-31)16-34-25-29-23-9-7-18(32-2)14-20(23)24(30-25)28-17-6-8-21(26)22(27)13-17/h6-9,13-14,19H,3-5,10-12,15-16H2,1-2H3,(H,28,29,30). The number of hydrogen-bond donors (Lipinski definition) is 1. The van der Waals surface area contributed by atoms with Crippen LogP contribution in [0.15, 0.2) is 36.4 Å². The minimum Gasteiger partial charge on any atom is -0.497 e. The predicted octanol–water partition coefficient (Wildman–Crippen LogP) is 5.96. The first-order valence-electron chi connectivity index (χ1n) is 11.6. The molecule has 0 spiro atoms. The van der Waals surface area contributed by atoms with Crippen LogP contribution in [-0.4, -0.2) is 60.9 Å². The van der Waals surface area contributed by atoms with E-state index in [4.69, 9.17) is 37.4 Å². The van der Waals surface area contributed by atoms with E-state index in [1.807, 2.05) is 24.3 Å². The number of nitrogens with zero attached hydrogens (tertiary/aromatic N) is 3. The van der Waals surface area contributed by atoms with Gasteiger partial charge in [0.1, 0.15) is 24.3 Å². The molecular weight excluding hydrogens is 475 g/mol. The van der Waals surface area contributed by atoms with Crippen molar-refractivity contribution in [2.75, 3.05) is 45.3 Å². The lowest BCUT2D eigenvalue weighted by Crippen LogP contribution is -2.36. The number of halogens is 2. The summed E-state index contributed by atoms with van der Waals surface area (Å²) in [4.78, 5) is 11.7. The van der Waals surface area contributed by atoms with Gasteiger partial charge in [-0.05, 0) is 55.8 Å². The fraction of sp³-hybridized carbons (Fsp3) is 0.440. The zero-order chi connectivity index (χ0) is 23.9. The SMILES string of the molecule is CCCCN1CCCOC(COc2nc(Nc3ccc(Cl)c(Cl)c3)c3cc(OC)ccc3n2)C1. The molecule has 0 amide bonds. The van der Waals surface area contributed by atoms with Crippen LogP contribution in [0.3, 0.4) is 0 Å². The van der Waals surface area contributed by atoms with E-state index in [-0.39, 0.29) is 12.1 Å². The molecule has 1 N–H and O–H groups in total. The number of ether oxygens (including phenoxy) is 3. The van der Waals surface area contributed by atoms with Crippen molar-refractivity contribution in [1.82, 2.24) is 14.9 Å². The molecule has 0 bridgehead atoms. The molecule has 1 atom stereocenters. The molecule has 1 fully saturated rings. The fourth-order valence-corrected chi connectivity index (χ4v) is 4.20. The first-order chi connectivity index (χ1) is 16.6. The van der Waals surface area contributed by atoms with Gasteiger partial charge in [-0.25, -0.2) is 0 Å². The third kappa shape index (κ3) is 6.42. The van der Waals surface area contributed by atoms with E-state index >= 15 is 0 Å². The number of aromatic nitrogens is 2. The Bertz CT molecular complexity index is 1110. The maximum Gasteiger partial charge on any atom is 0.319 e. The third-order valence-electron chi connectivity index (χ3n) is 5.73. The summed E-state index contributed by atoms with van der Waals surface area (Å²) in [6, 6.07) is 11.3. The Kier molecular flexibility index (Phi) is 8.67. The Morgan fingerprint density at radius 3 is 2.82 bits per heavy atom. The van der Waals surface area contributed by atoms with Crippen LogP contribution in [0.4, 0.5) is 11.5 Å². The molecule has 7 nitrogen and oxygen atoms in total. The topological polar surface area (TPSA) is 68.7 Å². The van der Waals surface area contributed by atoms with Crippen molar-refractivity contribution < 1.29 is 14.2 Å². The van der Waals surface area contributed by atoms with Crippen molar-refractivity contribution in [1.29, 1.82) is 0 Å². The molecule has 3 aromatic rings. The largest absolute Gasteiger partial charge is 0.497 e. The molecule has 4 rings (SSSR count). The molecule has 1 saturated heterocycles. The van der Waals surface area contributed by atoms with Crippen LogP contribution in [0.1, 0.15) is 26.2 Å². The predicted molar refractivity (Wildman–Crippen MR) is 137 cm³/mol. The summed E-state index contributed by atoms with van der Waals surface area (Å²) in [7, 11) is 1.63. The molecule has 9 heteroatoms. The maximum atomic E-state index is 6.20. The highest BCUT2D eigenvalue weighted by molar-refractivity contribution is 6.42. The lowest BCUT2D eigenvalue weighted by atomic mass is 10.2. The second-order valence-electron chi connectivity index (χ2n) is 8.30. The van der Waals surface area contributed by atoms with Gasteiger partial charge in [0, 0.05) is 30.8 Å². The lowest BCUT2D eigenvalue weighted by Gasteiger charge is -2.23. The van der Waals surface area contributed by atoms with E-state index in [0.29, 0.717) is 28.2 Å². The molecule has 2 aromatic carbocycles. The van der Waals surface area contributed by atoms with E-state index in [0.717, 1.165) is 49.3 Å². The van der Waals surface area contributed by atoms with Gasteiger partial charge in [0.15, 0.2) is 0 Å². The summed E-state index contributed by atoms with van der Waals surface area (Å²) in [5.74, 6) is 1.30. The summed E-state index contributed by atoms with van der Waals surface area (Å²) in [5, 5.41) is 5.06. The molecule has 1 aromatic heterocycles. The summed E-state index contributed by atoms with van der Waals surface area (Å²) in [6.07, 6.45) is 3.38. The van der Waals surface area contributed by atoms with Crippen LogP contribution in [0.5, 0.6) is 11.8 Å². The number of anilines is 2. The number of benzene rings is 2. The molecule has 0 aliphatic carbocycles. The van der Waals surface area contributed by atoms with E-state index in [9.17, 15) is 0 Å². The van der Waals surface area contributed by atoms with Gasteiger partial charge in [-0.3, -0.25) is 0 Å². The van der Waals surface area contributed by atoms with Crippen LogP contribution >= 0.6 is 23.2 Å². The monoisotopic (exact) mass is 504 g/mol. The maximum absolute atomic E-state index is 6.20. The van der Waals surface area contributed by atoms with Crippen LogP contribution in [0, 0.1) is 0 Å². The van der Waals surface area contributed by atoms with Gasteiger partial charge in [-0.15, -0.1) is 0 Å². The first-order valence-corrected chi connectivity index (χ1v) is 12.4. The Hall–Kier alpha value is -2.32. The molecular formula is C25H30Cl2N4O3. The summed E-state index contributed by atoms with van der Waals surface area (Å²) in [5.41, 5.74) is 1.49. The second kappa shape index (κ2) is 11.9. The number of rotatable bonds is 9. The van der Waals surface area contributed by atoms with E-state index < -0.39 is 0 Å². The number of fused-ring (bicyclic) bond motifs is 1. The molecule has 1 unspecified atom stereocenters. The second-order valence-corrected chi connectivity index (χ2v) is 9.12. The van der Waals surface area contributed by atoms with E-state index in [1.165, 1.54) is 12.8 Å². The quantitative estimate of drug-likeness (QED) is 0.385. The third-order valence-corrected chi connectivity index (χ3v) is 6.46. The zero-order valence-electron chi connectivity index (χ0n) is 19.5. The fourth-order valence-electron chi connectivity index (χ4n) is 3.91. The van der Waals surface area contributed by atoms with Gasteiger partial charge in [0.25, 0.3) is 0 Å². The number of unbranched alkanes of at least 4 members (excludes halogenated alkanes) is 1.